The van der Waals surface area contributed by atoms with E-state index in [1.807, 2.05) is 52.6 Å². The molecule has 0 aromatic heterocycles. The number of carbonyl (C=O) groups is 3. The van der Waals surface area contributed by atoms with E-state index in [1.165, 1.54) is 0 Å². The molecule has 176 valence electrons. The van der Waals surface area contributed by atoms with Crippen molar-refractivity contribution >= 4 is 17.7 Å². The molecule has 3 atom stereocenters. The Kier molecular flexibility index (Phi) is 8.69. The van der Waals surface area contributed by atoms with Gasteiger partial charge in [-0.3, -0.25) is 19.3 Å². The van der Waals surface area contributed by atoms with Crippen LogP contribution in [0, 0.1) is 5.41 Å². The van der Waals surface area contributed by atoms with Crippen LogP contribution in [-0.4, -0.2) is 84.3 Å². The Bertz CT molecular complexity index is 691. The zero-order chi connectivity index (χ0) is 23.3. The first-order valence-electron chi connectivity index (χ1n) is 11.7. The van der Waals surface area contributed by atoms with E-state index in [0.29, 0.717) is 5.57 Å². The van der Waals surface area contributed by atoms with Gasteiger partial charge < -0.3 is 15.1 Å². The molecule has 0 aromatic carbocycles. The number of hydrogen-bond acceptors (Lipinski definition) is 4. The monoisotopic (exact) mass is 434 g/mol. The van der Waals surface area contributed by atoms with Crippen molar-refractivity contribution in [1.29, 1.82) is 0 Å². The first kappa shape index (κ1) is 25.4. The zero-order valence-electron chi connectivity index (χ0n) is 20.5. The topological polar surface area (TPSA) is 73.0 Å². The van der Waals surface area contributed by atoms with E-state index in [0.717, 1.165) is 51.7 Å². The van der Waals surface area contributed by atoms with Gasteiger partial charge in [0, 0.05) is 31.8 Å². The molecule has 2 fully saturated rings. The van der Waals surface area contributed by atoms with Crippen molar-refractivity contribution in [1.82, 2.24) is 20.0 Å². The van der Waals surface area contributed by atoms with Crippen molar-refractivity contribution in [2.45, 2.75) is 84.8 Å². The Morgan fingerprint density at radius 1 is 1.06 bits per heavy atom. The summed E-state index contributed by atoms with van der Waals surface area (Å²) in [6, 6.07) is -1.07. The molecule has 3 amide bonds. The third-order valence-electron chi connectivity index (χ3n) is 6.65. The van der Waals surface area contributed by atoms with E-state index in [1.54, 1.807) is 11.9 Å². The second kappa shape index (κ2) is 10.6. The minimum Gasteiger partial charge on any atom is -0.342 e. The maximum atomic E-state index is 13.4. The average molecular weight is 435 g/mol. The highest BCUT2D eigenvalue weighted by atomic mass is 16.2. The lowest BCUT2D eigenvalue weighted by molar-refractivity contribution is -0.140. The zero-order valence-corrected chi connectivity index (χ0v) is 20.5. The summed E-state index contributed by atoms with van der Waals surface area (Å²) in [7, 11) is 3.71. The molecule has 2 saturated heterocycles. The van der Waals surface area contributed by atoms with Crippen molar-refractivity contribution in [3.63, 3.8) is 0 Å². The summed E-state index contributed by atoms with van der Waals surface area (Å²) in [5.41, 5.74) is 0.229. The summed E-state index contributed by atoms with van der Waals surface area (Å²) in [5.74, 6) is -0.164. The normalized spacial score (nSPS) is 22.7. The van der Waals surface area contributed by atoms with Crippen LogP contribution in [-0.2, 0) is 14.4 Å². The minimum absolute atomic E-state index is 0.0474. The predicted molar refractivity (Wildman–Crippen MR) is 123 cm³/mol. The van der Waals surface area contributed by atoms with Crippen LogP contribution in [0.5, 0.6) is 0 Å². The summed E-state index contributed by atoms with van der Waals surface area (Å²) in [6.45, 7) is 12.2. The van der Waals surface area contributed by atoms with E-state index in [4.69, 9.17) is 0 Å². The second-order valence-corrected chi connectivity index (χ2v) is 10.3. The smallest absolute Gasteiger partial charge is 0.249 e. The van der Waals surface area contributed by atoms with E-state index in [2.05, 4.69) is 10.2 Å². The van der Waals surface area contributed by atoms with Gasteiger partial charge in [0.2, 0.25) is 17.7 Å². The third-order valence-corrected chi connectivity index (χ3v) is 6.65. The van der Waals surface area contributed by atoms with E-state index in [9.17, 15) is 14.4 Å². The molecule has 2 rings (SSSR count). The van der Waals surface area contributed by atoms with Crippen LogP contribution in [0.25, 0.3) is 0 Å². The van der Waals surface area contributed by atoms with Crippen LogP contribution in [0.2, 0.25) is 0 Å². The van der Waals surface area contributed by atoms with Gasteiger partial charge >= 0.3 is 0 Å². The van der Waals surface area contributed by atoms with E-state index >= 15 is 0 Å². The number of carbonyl (C=O) groups excluding carboxylic acids is 3. The number of rotatable bonds is 6. The molecule has 31 heavy (non-hydrogen) atoms. The Morgan fingerprint density at radius 3 is 2.19 bits per heavy atom. The Morgan fingerprint density at radius 2 is 1.65 bits per heavy atom. The standard InChI is InChI=1S/C24H42N4O3/c1-17(22(30)28-14-10-11-15-28)16-18(2)27(7)23(31)20(24(3,4)5)25-21(29)19-12-8-9-13-26(19)6/h16,18-20H,8-15H2,1-7H3,(H,25,29)/b17-16+. The molecular formula is C24H42N4O3. The lowest BCUT2D eigenvalue weighted by atomic mass is 9.85. The van der Waals surface area contributed by atoms with Crippen molar-refractivity contribution < 1.29 is 14.4 Å². The highest BCUT2D eigenvalue weighted by molar-refractivity contribution is 5.93. The van der Waals surface area contributed by atoms with Gasteiger partial charge in [0.25, 0.3) is 0 Å². The first-order valence-corrected chi connectivity index (χ1v) is 11.7. The number of nitrogens with zero attached hydrogens (tertiary/aromatic N) is 3. The van der Waals surface area contributed by atoms with Gasteiger partial charge in [0.15, 0.2) is 0 Å². The van der Waals surface area contributed by atoms with Gasteiger partial charge in [-0.1, -0.05) is 33.3 Å². The molecule has 0 radical (unpaired) electrons. The fourth-order valence-electron chi connectivity index (χ4n) is 4.41. The lowest BCUT2D eigenvalue weighted by Crippen LogP contribution is -2.59. The Balaban J connectivity index is 2.09. The molecule has 1 N–H and O–H groups in total. The lowest BCUT2D eigenvalue weighted by Gasteiger charge is -2.38. The molecule has 2 aliphatic rings. The van der Waals surface area contributed by atoms with Crippen LogP contribution in [0.3, 0.4) is 0 Å². The highest BCUT2D eigenvalue weighted by Crippen LogP contribution is 2.24. The average Bonchev–Trinajstić information content (AvgIpc) is 3.24. The fourth-order valence-corrected chi connectivity index (χ4v) is 4.41. The number of amides is 3. The number of likely N-dealkylation sites (N-methyl/N-ethyl adjacent to an activating group) is 2. The summed E-state index contributed by atoms with van der Waals surface area (Å²) < 4.78 is 0. The maximum Gasteiger partial charge on any atom is 0.249 e. The van der Waals surface area contributed by atoms with Gasteiger partial charge in [0.05, 0.1) is 6.04 Å². The highest BCUT2D eigenvalue weighted by Gasteiger charge is 2.38. The van der Waals surface area contributed by atoms with Crippen molar-refractivity contribution in [2.24, 2.45) is 5.41 Å². The SMILES string of the molecule is C/C(=C\C(C)N(C)C(=O)C(NC(=O)C1CCCCN1C)C(C)(C)C)C(=O)N1CCCC1. The summed E-state index contributed by atoms with van der Waals surface area (Å²) in [6.07, 6.45) is 6.91. The van der Waals surface area contributed by atoms with E-state index < -0.39 is 11.5 Å². The largest absolute Gasteiger partial charge is 0.342 e. The molecule has 7 nitrogen and oxygen atoms in total. The summed E-state index contributed by atoms with van der Waals surface area (Å²) >= 11 is 0. The van der Waals surface area contributed by atoms with Crippen molar-refractivity contribution in [3.05, 3.63) is 11.6 Å². The fraction of sp³-hybridized carbons (Fsp3) is 0.792. The van der Waals surface area contributed by atoms with Crippen LogP contribution in [0.15, 0.2) is 11.6 Å². The van der Waals surface area contributed by atoms with Gasteiger partial charge in [0.1, 0.15) is 6.04 Å². The predicted octanol–water partition coefficient (Wildman–Crippen LogP) is 2.42. The molecule has 3 unspecified atom stereocenters. The van der Waals surface area contributed by atoms with Gasteiger partial charge in [-0.25, -0.2) is 0 Å². The number of nitrogens with one attached hydrogen (secondary N) is 1. The molecule has 2 aliphatic heterocycles. The van der Waals surface area contributed by atoms with Crippen molar-refractivity contribution in [3.8, 4) is 0 Å². The minimum atomic E-state index is -0.634. The van der Waals surface area contributed by atoms with Crippen molar-refractivity contribution in [2.75, 3.05) is 33.7 Å². The van der Waals surface area contributed by atoms with Crippen LogP contribution < -0.4 is 5.32 Å². The van der Waals surface area contributed by atoms with E-state index in [-0.39, 0.29) is 29.8 Å². The van der Waals surface area contributed by atoms with Crippen LogP contribution in [0.1, 0.15) is 66.7 Å². The first-order chi connectivity index (χ1) is 14.4. The summed E-state index contributed by atoms with van der Waals surface area (Å²) in [5, 5.41) is 3.05. The Hall–Kier alpha value is -1.89. The van der Waals surface area contributed by atoms with Crippen LogP contribution >= 0.6 is 0 Å². The molecule has 2 heterocycles. The quantitative estimate of drug-likeness (QED) is 0.652. The number of hydrogen-bond donors (Lipinski definition) is 1. The van der Waals surface area contributed by atoms with Crippen LogP contribution in [0.4, 0.5) is 0 Å². The molecular weight excluding hydrogens is 392 g/mol. The summed E-state index contributed by atoms with van der Waals surface area (Å²) in [4.78, 5) is 44.6. The maximum absolute atomic E-state index is 13.4. The molecule has 0 bridgehead atoms. The number of likely N-dealkylation sites (tertiary alicyclic amines) is 2. The Labute approximate surface area is 188 Å². The molecule has 7 heteroatoms. The molecule has 0 saturated carbocycles. The second-order valence-electron chi connectivity index (χ2n) is 10.3. The van der Waals surface area contributed by atoms with Gasteiger partial charge in [-0.2, -0.15) is 0 Å². The molecule has 0 aliphatic carbocycles. The van der Waals surface area contributed by atoms with Gasteiger partial charge in [-0.15, -0.1) is 0 Å². The number of piperidine rings is 1. The third kappa shape index (κ3) is 6.55. The molecule has 0 spiro atoms. The van der Waals surface area contributed by atoms with Gasteiger partial charge in [-0.05, 0) is 58.5 Å². The molecule has 0 aromatic rings.